The first-order chi connectivity index (χ1) is 8.94. The molecule has 0 aliphatic carbocycles. The van der Waals surface area contributed by atoms with E-state index in [1.165, 1.54) is 6.92 Å². The molecule has 0 bridgehead atoms. The van der Waals surface area contributed by atoms with Gasteiger partial charge < -0.3 is 15.4 Å². The number of carbonyl (C=O) groups excluding carboxylic acids is 1. The monoisotopic (exact) mass is 282 g/mol. The smallest absolute Gasteiger partial charge is 0.216 e. The normalized spacial score (nSPS) is 24.5. The first kappa shape index (κ1) is 14.0. The van der Waals surface area contributed by atoms with Crippen LogP contribution >= 0.6 is 11.6 Å². The SMILES string of the molecule is COc1ccc2c(c1)C(CCNC(C)=O)C(C)(Cl)N2. The molecule has 1 aromatic carbocycles. The Balaban J connectivity index is 2.19. The topological polar surface area (TPSA) is 50.4 Å². The second-order valence-electron chi connectivity index (χ2n) is 4.98. The summed E-state index contributed by atoms with van der Waals surface area (Å²) in [6.07, 6.45) is 0.784. The van der Waals surface area contributed by atoms with Crippen LogP contribution in [0.5, 0.6) is 5.75 Å². The number of ether oxygens (including phenoxy) is 1. The maximum atomic E-state index is 10.9. The van der Waals surface area contributed by atoms with E-state index in [2.05, 4.69) is 10.6 Å². The second-order valence-corrected chi connectivity index (χ2v) is 5.76. The Hall–Kier alpha value is -1.42. The number of fused-ring (bicyclic) bond motifs is 1. The van der Waals surface area contributed by atoms with E-state index < -0.39 is 5.00 Å². The minimum Gasteiger partial charge on any atom is -0.497 e. The molecule has 0 radical (unpaired) electrons. The van der Waals surface area contributed by atoms with E-state index in [4.69, 9.17) is 16.3 Å². The molecule has 19 heavy (non-hydrogen) atoms. The highest BCUT2D eigenvalue weighted by Gasteiger charge is 2.40. The molecule has 1 aromatic rings. The zero-order chi connectivity index (χ0) is 14.0. The number of nitrogens with one attached hydrogen (secondary N) is 2. The molecule has 1 amide bonds. The van der Waals surface area contributed by atoms with Gasteiger partial charge in [0.2, 0.25) is 5.91 Å². The van der Waals surface area contributed by atoms with E-state index in [0.717, 1.165) is 23.4 Å². The fourth-order valence-corrected chi connectivity index (χ4v) is 2.86. The standard InChI is InChI=1S/C14H19ClN2O2/c1-9(18)16-7-6-12-11-8-10(19-3)4-5-13(11)17-14(12,2)15/h4-5,8,12,17H,6-7H2,1-3H3,(H,16,18). The highest BCUT2D eigenvalue weighted by atomic mass is 35.5. The Morgan fingerprint density at radius 3 is 2.95 bits per heavy atom. The molecule has 0 spiro atoms. The lowest BCUT2D eigenvalue weighted by molar-refractivity contribution is -0.118. The molecule has 0 saturated heterocycles. The molecule has 5 heteroatoms. The summed E-state index contributed by atoms with van der Waals surface area (Å²) in [5, 5.41) is 6.12. The minimum absolute atomic E-state index is 0.0203. The first-order valence-corrected chi connectivity index (χ1v) is 6.71. The van der Waals surface area contributed by atoms with Gasteiger partial charge >= 0.3 is 0 Å². The van der Waals surface area contributed by atoms with E-state index in [0.29, 0.717) is 6.54 Å². The number of carbonyl (C=O) groups is 1. The van der Waals surface area contributed by atoms with Gasteiger partial charge in [0.05, 0.1) is 7.11 Å². The number of alkyl halides is 1. The van der Waals surface area contributed by atoms with Gasteiger partial charge in [0.25, 0.3) is 0 Å². The molecule has 104 valence electrons. The molecule has 2 rings (SSSR count). The number of methoxy groups -OCH3 is 1. The largest absolute Gasteiger partial charge is 0.497 e. The van der Waals surface area contributed by atoms with Gasteiger partial charge in [-0.15, -0.1) is 0 Å². The van der Waals surface area contributed by atoms with Gasteiger partial charge in [-0.1, -0.05) is 11.6 Å². The average molecular weight is 283 g/mol. The van der Waals surface area contributed by atoms with Crippen molar-refractivity contribution in [2.45, 2.75) is 31.2 Å². The van der Waals surface area contributed by atoms with Crippen LogP contribution in [0.2, 0.25) is 0 Å². The number of hydrogen-bond donors (Lipinski definition) is 2. The predicted molar refractivity (Wildman–Crippen MR) is 76.9 cm³/mol. The summed E-state index contributed by atoms with van der Waals surface area (Å²) >= 11 is 6.55. The van der Waals surface area contributed by atoms with Crippen molar-refractivity contribution < 1.29 is 9.53 Å². The van der Waals surface area contributed by atoms with Crippen molar-refractivity contribution >= 4 is 23.2 Å². The van der Waals surface area contributed by atoms with Crippen LogP contribution in [0, 0.1) is 0 Å². The third-order valence-electron chi connectivity index (χ3n) is 3.47. The van der Waals surface area contributed by atoms with Crippen LogP contribution in [0.1, 0.15) is 31.7 Å². The van der Waals surface area contributed by atoms with Gasteiger partial charge in [0.15, 0.2) is 0 Å². The molecule has 1 aliphatic heterocycles. The van der Waals surface area contributed by atoms with Gasteiger partial charge in [0, 0.05) is 25.1 Å². The summed E-state index contributed by atoms with van der Waals surface area (Å²) in [5.41, 5.74) is 2.17. The Kier molecular flexibility index (Phi) is 3.90. The molecule has 2 atom stereocenters. The van der Waals surface area contributed by atoms with Crippen LogP contribution < -0.4 is 15.4 Å². The number of benzene rings is 1. The Morgan fingerprint density at radius 2 is 2.32 bits per heavy atom. The quantitative estimate of drug-likeness (QED) is 0.659. The van der Waals surface area contributed by atoms with Gasteiger partial charge in [-0.3, -0.25) is 4.79 Å². The lowest BCUT2D eigenvalue weighted by Gasteiger charge is -2.25. The van der Waals surface area contributed by atoms with E-state index in [-0.39, 0.29) is 11.8 Å². The molecule has 0 saturated carbocycles. The summed E-state index contributed by atoms with van der Waals surface area (Å²) in [6.45, 7) is 4.09. The van der Waals surface area contributed by atoms with Crippen molar-refractivity contribution in [2.24, 2.45) is 0 Å². The fourth-order valence-electron chi connectivity index (χ4n) is 2.53. The maximum Gasteiger partial charge on any atom is 0.216 e. The zero-order valence-corrected chi connectivity index (χ0v) is 12.2. The van der Waals surface area contributed by atoms with Crippen molar-refractivity contribution in [3.63, 3.8) is 0 Å². The van der Waals surface area contributed by atoms with Crippen LogP contribution in [0.3, 0.4) is 0 Å². The van der Waals surface area contributed by atoms with Crippen LogP contribution in [0.25, 0.3) is 0 Å². The predicted octanol–water partition coefficient (Wildman–Crippen LogP) is 2.69. The Labute approximate surface area is 118 Å². The van der Waals surface area contributed by atoms with Crippen LogP contribution in [0.4, 0.5) is 5.69 Å². The molecule has 1 aliphatic rings. The van der Waals surface area contributed by atoms with Gasteiger partial charge in [-0.2, -0.15) is 0 Å². The number of anilines is 1. The fraction of sp³-hybridized carbons (Fsp3) is 0.500. The molecule has 0 aromatic heterocycles. The van der Waals surface area contributed by atoms with Crippen LogP contribution in [0.15, 0.2) is 18.2 Å². The van der Waals surface area contributed by atoms with Crippen molar-refractivity contribution in [3.8, 4) is 5.75 Å². The van der Waals surface area contributed by atoms with Crippen LogP contribution in [-0.2, 0) is 4.79 Å². The summed E-state index contributed by atoms with van der Waals surface area (Å²) in [5.74, 6) is 0.929. The van der Waals surface area contributed by atoms with Crippen molar-refractivity contribution in [3.05, 3.63) is 23.8 Å². The number of hydrogen-bond acceptors (Lipinski definition) is 3. The third-order valence-corrected chi connectivity index (χ3v) is 3.83. The summed E-state index contributed by atoms with van der Waals surface area (Å²) in [6, 6.07) is 5.90. The molecular weight excluding hydrogens is 264 g/mol. The van der Waals surface area contributed by atoms with Crippen molar-refractivity contribution in [2.75, 3.05) is 19.0 Å². The average Bonchev–Trinajstić information content (AvgIpc) is 2.59. The van der Waals surface area contributed by atoms with E-state index in [1.807, 2.05) is 25.1 Å². The Bertz CT molecular complexity index is 488. The molecule has 4 nitrogen and oxygen atoms in total. The van der Waals surface area contributed by atoms with Gasteiger partial charge in [-0.05, 0) is 37.1 Å². The third kappa shape index (κ3) is 2.95. The van der Waals surface area contributed by atoms with Crippen molar-refractivity contribution in [1.82, 2.24) is 5.32 Å². The lowest BCUT2D eigenvalue weighted by atomic mass is 9.92. The second kappa shape index (κ2) is 5.29. The molecule has 0 fully saturated rings. The Morgan fingerprint density at radius 1 is 1.58 bits per heavy atom. The maximum absolute atomic E-state index is 10.9. The van der Waals surface area contributed by atoms with E-state index >= 15 is 0 Å². The zero-order valence-electron chi connectivity index (χ0n) is 11.4. The molecule has 2 N–H and O–H groups in total. The molecule has 1 heterocycles. The number of amides is 1. The first-order valence-electron chi connectivity index (χ1n) is 6.33. The summed E-state index contributed by atoms with van der Waals surface area (Å²) in [4.78, 5) is 10.4. The van der Waals surface area contributed by atoms with Gasteiger partial charge in [-0.25, -0.2) is 0 Å². The van der Waals surface area contributed by atoms with Gasteiger partial charge in [0.1, 0.15) is 10.7 Å². The highest BCUT2D eigenvalue weighted by molar-refractivity contribution is 6.26. The highest BCUT2D eigenvalue weighted by Crippen LogP contribution is 2.47. The summed E-state index contributed by atoms with van der Waals surface area (Å²) < 4.78 is 5.26. The van der Waals surface area contributed by atoms with Crippen LogP contribution in [-0.4, -0.2) is 24.6 Å². The number of rotatable bonds is 4. The molecule has 2 unspecified atom stereocenters. The number of halogens is 1. The van der Waals surface area contributed by atoms with Crippen molar-refractivity contribution in [1.29, 1.82) is 0 Å². The molecular formula is C14H19ClN2O2. The summed E-state index contributed by atoms with van der Waals surface area (Å²) in [7, 11) is 1.65. The minimum atomic E-state index is -0.535. The lowest BCUT2D eigenvalue weighted by Crippen LogP contribution is -2.32. The van der Waals surface area contributed by atoms with E-state index in [9.17, 15) is 4.79 Å². The van der Waals surface area contributed by atoms with E-state index in [1.54, 1.807) is 7.11 Å².